The molecule has 6 heteroatoms. The zero-order valence-electron chi connectivity index (χ0n) is 18.1. The molecular weight excluding hydrogens is 424 g/mol. The fourth-order valence-electron chi connectivity index (χ4n) is 3.90. The van der Waals surface area contributed by atoms with Gasteiger partial charge in [0, 0.05) is 28.2 Å². The fourth-order valence-corrected chi connectivity index (χ4v) is 4.03. The molecule has 162 valence electrons. The molecule has 0 radical (unpaired) electrons. The van der Waals surface area contributed by atoms with E-state index in [9.17, 15) is 9.59 Å². The summed E-state index contributed by atoms with van der Waals surface area (Å²) in [4.78, 5) is 26.2. The maximum Gasteiger partial charge on any atom is 0.296 e. The smallest absolute Gasteiger partial charge is 0.296 e. The first-order valence-electron chi connectivity index (χ1n) is 10.2. The van der Waals surface area contributed by atoms with Crippen LogP contribution in [-0.2, 0) is 11.3 Å². The van der Waals surface area contributed by atoms with Crippen LogP contribution in [-0.4, -0.2) is 23.4 Å². The number of halogens is 1. The van der Waals surface area contributed by atoms with E-state index in [4.69, 9.17) is 16.3 Å². The summed E-state index contributed by atoms with van der Waals surface area (Å²) >= 11 is 6.02. The molecular formula is C26H23ClN2O3. The van der Waals surface area contributed by atoms with E-state index in [0.29, 0.717) is 28.6 Å². The molecule has 0 saturated heterocycles. The van der Waals surface area contributed by atoms with Gasteiger partial charge < -0.3 is 14.6 Å². The number of para-hydroxylation sites is 2. The summed E-state index contributed by atoms with van der Waals surface area (Å²) in [5.41, 5.74) is 4.56. The first-order chi connectivity index (χ1) is 15.4. The number of ether oxygens (including phenoxy) is 1. The fraction of sp³-hybridized carbons (Fsp3) is 0.154. The zero-order chi connectivity index (χ0) is 22.8. The molecule has 0 unspecified atom stereocenters. The average Bonchev–Trinajstić information content (AvgIpc) is 3.05. The number of methoxy groups -OCH3 is 1. The molecule has 4 rings (SSSR count). The third kappa shape index (κ3) is 4.12. The van der Waals surface area contributed by atoms with Crippen LogP contribution < -0.4 is 10.1 Å². The van der Waals surface area contributed by atoms with Crippen molar-refractivity contribution in [3.8, 4) is 5.75 Å². The van der Waals surface area contributed by atoms with Gasteiger partial charge in [0.05, 0.1) is 18.4 Å². The molecule has 0 fully saturated rings. The lowest BCUT2D eigenvalue weighted by Gasteiger charge is -2.10. The summed E-state index contributed by atoms with van der Waals surface area (Å²) in [6.45, 7) is 4.40. The number of carbonyl (C=O) groups is 2. The Hall–Kier alpha value is -3.57. The lowest BCUT2D eigenvalue weighted by atomic mass is 10.0. The van der Waals surface area contributed by atoms with Gasteiger partial charge in [0.15, 0.2) is 0 Å². The second-order valence-electron chi connectivity index (χ2n) is 7.68. The molecule has 0 spiro atoms. The summed E-state index contributed by atoms with van der Waals surface area (Å²) in [5, 5.41) is 4.12. The van der Waals surface area contributed by atoms with Crippen molar-refractivity contribution >= 4 is 39.9 Å². The molecule has 0 bridgehead atoms. The molecule has 4 aromatic rings. The predicted octanol–water partition coefficient (Wildman–Crippen LogP) is 5.79. The standard InChI is InChI=1S/C26H23ClN2O3/c1-16-8-13-22-20(14-16)24(17(2)29(22)15-18-9-11-19(27)12-10-18)25(30)26(31)28-21-6-4-5-7-23(21)32-3/h4-14H,15H2,1-3H3,(H,28,31). The summed E-state index contributed by atoms with van der Waals surface area (Å²) in [6, 6.07) is 20.5. The van der Waals surface area contributed by atoms with E-state index >= 15 is 0 Å². The third-order valence-corrected chi connectivity index (χ3v) is 5.77. The number of benzene rings is 3. The summed E-state index contributed by atoms with van der Waals surface area (Å²) in [6.07, 6.45) is 0. The number of nitrogens with zero attached hydrogens (tertiary/aromatic N) is 1. The molecule has 1 N–H and O–H groups in total. The number of fused-ring (bicyclic) bond motifs is 1. The molecule has 1 aromatic heterocycles. The van der Waals surface area contributed by atoms with E-state index in [1.165, 1.54) is 7.11 Å². The molecule has 1 heterocycles. The van der Waals surface area contributed by atoms with Gasteiger partial charge >= 0.3 is 0 Å². The maximum atomic E-state index is 13.3. The molecule has 3 aromatic carbocycles. The van der Waals surface area contributed by atoms with Crippen LogP contribution in [0.1, 0.15) is 27.2 Å². The number of aromatic nitrogens is 1. The lowest BCUT2D eigenvalue weighted by Crippen LogP contribution is -2.24. The molecule has 5 nitrogen and oxygen atoms in total. The Labute approximate surface area is 191 Å². The quantitative estimate of drug-likeness (QED) is 0.301. The number of hydrogen-bond donors (Lipinski definition) is 1. The Morgan fingerprint density at radius 1 is 1.00 bits per heavy atom. The van der Waals surface area contributed by atoms with Gasteiger partial charge in [0.2, 0.25) is 0 Å². The average molecular weight is 447 g/mol. The van der Waals surface area contributed by atoms with Gasteiger partial charge in [-0.15, -0.1) is 0 Å². The number of anilines is 1. The van der Waals surface area contributed by atoms with E-state index in [1.807, 2.05) is 56.3 Å². The van der Waals surface area contributed by atoms with E-state index in [0.717, 1.165) is 27.7 Å². The van der Waals surface area contributed by atoms with Crippen molar-refractivity contribution in [3.63, 3.8) is 0 Å². The summed E-state index contributed by atoms with van der Waals surface area (Å²) < 4.78 is 7.34. The topological polar surface area (TPSA) is 60.3 Å². The highest BCUT2D eigenvalue weighted by Crippen LogP contribution is 2.30. The van der Waals surface area contributed by atoms with Gasteiger partial charge in [-0.25, -0.2) is 0 Å². The largest absolute Gasteiger partial charge is 0.495 e. The lowest BCUT2D eigenvalue weighted by molar-refractivity contribution is -0.112. The van der Waals surface area contributed by atoms with Crippen molar-refractivity contribution in [1.29, 1.82) is 0 Å². The number of Topliss-reactive ketones (excluding diaryl/α,β-unsaturated/α-hetero) is 1. The van der Waals surface area contributed by atoms with Gasteiger partial charge in [0.1, 0.15) is 5.75 Å². The number of aryl methyl sites for hydroxylation is 1. The molecule has 32 heavy (non-hydrogen) atoms. The highest BCUT2D eigenvalue weighted by atomic mass is 35.5. The van der Waals surface area contributed by atoms with Gasteiger partial charge in [-0.1, -0.05) is 47.5 Å². The van der Waals surface area contributed by atoms with Crippen LogP contribution >= 0.6 is 11.6 Å². The Balaban J connectivity index is 1.75. The highest BCUT2D eigenvalue weighted by molar-refractivity contribution is 6.48. The zero-order valence-corrected chi connectivity index (χ0v) is 18.9. The number of amides is 1. The van der Waals surface area contributed by atoms with Crippen LogP contribution in [0, 0.1) is 13.8 Å². The van der Waals surface area contributed by atoms with Crippen LogP contribution in [0.3, 0.4) is 0 Å². The van der Waals surface area contributed by atoms with Crippen molar-refractivity contribution in [2.24, 2.45) is 0 Å². The normalized spacial score (nSPS) is 10.9. The molecule has 0 aliphatic heterocycles. The van der Waals surface area contributed by atoms with E-state index < -0.39 is 11.7 Å². The van der Waals surface area contributed by atoms with Crippen LogP contribution in [0.5, 0.6) is 5.75 Å². The minimum absolute atomic E-state index is 0.407. The van der Waals surface area contributed by atoms with Crippen LogP contribution in [0.25, 0.3) is 10.9 Å². The second-order valence-corrected chi connectivity index (χ2v) is 8.11. The molecule has 0 aliphatic carbocycles. The van der Waals surface area contributed by atoms with Crippen molar-refractivity contribution < 1.29 is 14.3 Å². The number of rotatable bonds is 6. The molecule has 0 aliphatic rings. The summed E-state index contributed by atoms with van der Waals surface area (Å²) in [7, 11) is 1.52. The number of carbonyl (C=O) groups excluding carboxylic acids is 2. The minimum atomic E-state index is -0.704. The highest BCUT2D eigenvalue weighted by Gasteiger charge is 2.26. The Morgan fingerprint density at radius 3 is 2.44 bits per heavy atom. The monoisotopic (exact) mass is 446 g/mol. The van der Waals surface area contributed by atoms with Gasteiger partial charge in [0.25, 0.3) is 11.7 Å². The Morgan fingerprint density at radius 2 is 1.72 bits per heavy atom. The van der Waals surface area contributed by atoms with Crippen molar-refractivity contribution in [2.45, 2.75) is 20.4 Å². The Bertz CT molecular complexity index is 1320. The second kappa shape index (κ2) is 8.89. The third-order valence-electron chi connectivity index (χ3n) is 5.52. The number of nitrogens with one attached hydrogen (secondary N) is 1. The minimum Gasteiger partial charge on any atom is -0.495 e. The van der Waals surface area contributed by atoms with E-state index in [2.05, 4.69) is 9.88 Å². The van der Waals surface area contributed by atoms with Gasteiger partial charge in [-0.3, -0.25) is 9.59 Å². The summed E-state index contributed by atoms with van der Waals surface area (Å²) in [5.74, 6) is -0.796. The van der Waals surface area contributed by atoms with Crippen LogP contribution in [0.15, 0.2) is 66.7 Å². The molecule has 0 saturated carbocycles. The SMILES string of the molecule is COc1ccccc1NC(=O)C(=O)c1c(C)n(Cc2ccc(Cl)cc2)c2ccc(C)cc12. The number of hydrogen-bond acceptors (Lipinski definition) is 3. The van der Waals surface area contributed by atoms with Crippen LogP contribution in [0.4, 0.5) is 5.69 Å². The van der Waals surface area contributed by atoms with Crippen LogP contribution in [0.2, 0.25) is 5.02 Å². The van der Waals surface area contributed by atoms with E-state index in [1.54, 1.807) is 24.3 Å². The first kappa shape index (κ1) is 21.7. The predicted molar refractivity (Wildman–Crippen MR) is 128 cm³/mol. The molecule has 0 atom stereocenters. The van der Waals surface area contributed by atoms with E-state index in [-0.39, 0.29) is 0 Å². The van der Waals surface area contributed by atoms with Crippen molar-refractivity contribution in [2.75, 3.05) is 12.4 Å². The van der Waals surface area contributed by atoms with Gasteiger partial charge in [-0.05, 0) is 55.8 Å². The van der Waals surface area contributed by atoms with Crippen molar-refractivity contribution in [1.82, 2.24) is 4.57 Å². The maximum absolute atomic E-state index is 13.3. The van der Waals surface area contributed by atoms with Gasteiger partial charge in [-0.2, -0.15) is 0 Å². The number of ketones is 1. The Kier molecular flexibility index (Phi) is 6.01. The molecule has 1 amide bonds. The first-order valence-corrected chi connectivity index (χ1v) is 10.6. The van der Waals surface area contributed by atoms with Crippen molar-refractivity contribution in [3.05, 3.63) is 94.1 Å².